The maximum absolute atomic E-state index is 12.4. The van der Waals surface area contributed by atoms with Crippen molar-refractivity contribution >= 4 is 29.1 Å². The number of hydrogen-bond acceptors (Lipinski definition) is 3. The zero-order valence-electron chi connectivity index (χ0n) is 14.8. The van der Waals surface area contributed by atoms with Gasteiger partial charge in [-0.3, -0.25) is 9.69 Å². The Hall–Kier alpha value is -0.0300. The minimum absolute atomic E-state index is 0.106. The predicted molar refractivity (Wildman–Crippen MR) is 92.1 cm³/mol. The normalized spacial score (nSPS) is 27.5. The van der Waals surface area contributed by atoms with Crippen LogP contribution in [0.1, 0.15) is 61.3 Å². The lowest BCUT2D eigenvalue weighted by Crippen LogP contribution is -2.53. The predicted octanol–water partition coefficient (Wildman–Crippen LogP) is 4.00. The second-order valence-electron chi connectivity index (χ2n) is 6.67. The van der Waals surface area contributed by atoms with Gasteiger partial charge in [-0.2, -0.15) is 0 Å². The maximum atomic E-state index is 12.4. The largest absolute Gasteiger partial charge is 0.336 e. The third-order valence-electron chi connectivity index (χ3n) is 4.73. The van der Waals surface area contributed by atoms with E-state index in [2.05, 4.69) is 32.6 Å². The van der Waals surface area contributed by atoms with Crippen molar-refractivity contribution in [3.8, 4) is 0 Å². The molecule has 1 heterocycles. The Morgan fingerprint density at radius 1 is 1.23 bits per heavy atom. The number of amides is 1. The smallest absolute Gasteiger partial charge is 0.258 e. The Bertz CT molecular complexity index is 380. The number of nitrogens with zero attached hydrogens (tertiary/aromatic N) is 2. The lowest BCUT2D eigenvalue weighted by atomic mass is 10.1. The van der Waals surface area contributed by atoms with Crippen molar-refractivity contribution in [1.82, 2.24) is 9.80 Å². The summed E-state index contributed by atoms with van der Waals surface area (Å²) in [6, 6.07) is 0.637. The van der Waals surface area contributed by atoms with Gasteiger partial charge in [-0.1, -0.05) is 37.0 Å². The van der Waals surface area contributed by atoms with Gasteiger partial charge in [-0.15, -0.1) is 0 Å². The highest BCUT2D eigenvalue weighted by atomic mass is 35.5. The first kappa shape index (κ1) is 20.0. The molecule has 0 aliphatic carbocycles. The standard InChI is InChI=1S/C16H30Cl2N2O2/c1-8-10(3)19(11(4)9-2)15-12(5)20(14(21)13(17)18)16(6,7)22-15/h10-13,15H,8-9H2,1-7H3. The highest BCUT2D eigenvalue weighted by Gasteiger charge is 2.51. The van der Waals surface area contributed by atoms with Crippen molar-refractivity contribution < 1.29 is 9.53 Å². The average Bonchev–Trinajstić information content (AvgIpc) is 2.67. The van der Waals surface area contributed by atoms with Gasteiger partial charge < -0.3 is 9.64 Å². The molecule has 1 aliphatic rings. The van der Waals surface area contributed by atoms with E-state index in [0.29, 0.717) is 12.1 Å². The van der Waals surface area contributed by atoms with Gasteiger partial charge in [0.15, 0.2) is 4.84 Å². The van der Waals surface area contributed by atoms with Crippen molar-refractivity contribution in [3.63, 3.8) is 0 Å². The fourth-order valence-electron chi connectivity index (χ4n) is 3.31. The number of rotatable bonds is 6. The summed E-state index contributed by atoms with van der Waals surface area (Å²) < 4.78 is 6.27. The van der Waals surface area contributed by atoms with E-state index in [-0.39, 0.29) is 18.2 Å². The van der Waals surface area contributed by atoms with Gasteiger partial charge in [0.1, 0.15) is 12.0 Å². The summed E-state index contributed by atoms with van der Waals surface area (Å²) in [5, 5.41) is 0. The van der Waals surface area contributed by atoms with Gasteiger partial charge >= 0.3 is 0 Å². The molecule has 1 aliphatic heterocycles. The molecule has 0 spiro atoms. The molecule has 4 nitrogen and oxygen atoms in total. The van der Waals surface area contributed by atoms with Gasteiger partial charge in [0.25, 0.3) is 5.91 Å². The summed E-state index contributed by atoms with van der Waals surface area (Å²) in [4.78, 5) is 15.4. The van der Waals surface area contributed by atoms with Crippen molar-refractivity contribution in [1.29, 1.82) is 0 Å². The van der Waals surface area contributed by atoms with Crippen LogP contribution in [0.4, 0.5) is 0 Å². The van der Waals surface area contributed by atoms with E-state index >= 15 is 0 Å². The quantitative estimate of drug-likeness (QED) is 0.677. The molecule has 130 valence electrons. The van der Waals surface area contributed by atoms with Crippen LogP contribution in [-0.4, -0.2) is 50.6 Å². The van der Waals surface area contributed by atoms with E-state index in [9.17, 15) is 4.79 Å². The number of carbonyl (C=O) groups excluding carboxylic acids is 1. The molecule has 0 bridgehead atoms. The van der Waals surface area contributed by atoms with Crippen LogP contribution in [-0.2, 0) is 9.53 Å². The van der Waals surface area contributed by atoms with E-state index in [4.69, 9.17) is 27.9 Å². The van der Waals surface area contributed by atoms with Gasteiger partial charge in [-0.25, -0.2) is 0 Å². The first-order valence-electron chi connectivity index (χ1n) is 8.15. The molecule has 0 aromatic heterocycles. The third kappa shape index (κ3) is 3.89. The molecule has 1 amide bonds. The lowest BCUT2D eigenvalue weighted by Gasteiger charge is -2.39. The van der Waals surface area contributed by atoms with E-state index in [1.165, 1.54) is 0 Å². The second-order valence-corrected chi connectivity index (χ2v) is 7.76. The number of carbonyl (C=O) groups is 1. The zero-order valence-corrected chi connectivity index (χ0v) is 16.3. The monoisotopic (exact) mass is 352 g/mol. The van der Waals surface area contributed by atoms with Gasteiger partial charge in [0, 0.05) is 12.1 Å². The second kappa shape index (κ2) is 7.69. The average molecular weight is 353 g/mol. The van der Waals surface area contributed by atoms with E-state index in [0.717, 1.165) is 12.8 Å². The minimum Gasteiger partial charge on any atom is -0.336 e. The van der Waals surface area contributed by atoms with Gasteiger partial charge in [0.05, 0.1) is 6.04 Å². The molecule has 4 unspecified atom stereocenters. The molecule has 22 heavy (non-hydrogen) atoms. The van der Waals surface area contributed by atoms with Crippen molar-refractivity contribution in [2.75, 3.05) is 0 Å². The first-order chi connectivity index (χ1) is 10.1. The summed E-state index contributed by atoms with van der Waals surface area (Å²) in [7, 11) is 0. The molecular formula is C16H30Cl2N2O2. The van der Waals surface area contributed by atoms with Crippen molar-refractivity contribution in [2.24, 2.45) is 0 Å². The van der Waals surface area contributed by atoms with Crippen LogP contribution in [0, 0.1) is 0 Å². The number of halogens is 2. The lowest BCUT2D eigenvalue weighted by molar-refractivity contribution is -0.154. The number of alkyl halides is 2. The molecule has 6 heteroatoms. The highest BCUT2D eigenvalue weighted by Crippen LogP contribution is 2.37. The van der Waals surface area contributed by atoms with E-state index in [1.54, 1.807) is 4.90 Å². The fourth-order valence-corrected chi connectivity index (χ4v) is 3.52. The summed E-state index contributed by atoms with van der Waals surface area (Å²) >= 11 is 11.6. The van der Waals surface area contributed by atoms with Crippen LogP contribution >= 0.6 is 23.2 Å². The Labute approximate surface area is 145 Å². The van der Waals surface area contributed by atoms with Crippen LogP contribution in [0.2, 0.25) is 0 Å². The van der Waals surface area contributed by atoms with Crippen LogP contribution in [0.25, 0.3) is 0 Å². The van der Waals surface area contributed by atoms with E-state index in [1.807, 2.05) is 20.8 Å². The van der Waals surface area contributed by atoms with Crippen molar-refractivity contribution in [3.05, 3.63) is 0 Å². The summed E-state index contributed by atoms with van der Waals surface area (Å²) in [6.45, 7) is 14.5. The number of ether oxygens (including phenoxy) is 1. The first-order valence-corrected chi connectivity index (χ1v) is 9.02. The Kier molecular flexibility index (Phi) is 7.00. The molecule has 1 saturated heterocycles. The molecule has 1 rings (SSSR count). The Morgan fingerprint density at radius 2 is 1.68 bits per heavy atom. The SMILES string of the molecule is CCC(C)N(C(C)CC)C1OC(C)(C)N(C(=O)C(Cl)Cl)C1C. The van der Waals surface area contributed by atoms with Crippen molar-refractivity contribution in [2.45, 2.75) is 96.2 Å². The molecule has 0 aromatic rings. The summed E-state index contributed by atoms with van der Waals surface area (Å²) in [5.74, 6) is -0.295. The highest BCUT2D eigenvalue weighted by molar-refractivity contribution is 6.53. The summed E-state index contributed by atoms with van der Waals surface area (Å²) in [5.41, 5.74) is -0.720. The van der Waals surface area contributed by atoms with Crippen LogP contribution in [0.15, 0.2) is 0 Å². The van der Waals surface area contributed by atoms with E-state index < -0.39 is 10.6 Å². The fraction of sp³-hybridized carbons (Fsp3) is 0.938. The molecule has 4 atom stereocenters. The molecule has 0 saturated carbocycles. The Balaban J connectivity index is 3.12. The molecule has 1 fully saturated rings. The van der Waals surface area contributed by atoms with Crippen LogP contribution in [0.3, 0.4) is 0 Å². The summed E-state index contributed by atoms with van der Waals surface area (Å²) in [6.07, 6.45) is 1.90. The van der Waals surface area contributed by atoms with Gasteiger partial charge in [-0.05, 0) is 47.5 Å². The van der Waals surface area contributed by atoms with Gasteiger partial charge in [0.2, 0.25) is 0 Å². The number of hydrogen-bond donors (Lipinski definition) is 0. The molecule has 0 N–H and O–H groups in total. The minimum atomic E-state index is -1.07. The Morgan fingerprint density at radius 3 is 2.05 bits per heavy atom. The molecular weight excluding hydrogens is 323 g/mol. The van der Waals surface area contributed by atoms with Crippen LogP contribution < -0.4 is 0 Å². The molecule has 0 aromatic carbocycles. The third-order valence-corrected chi connectivity index (χ3v) is 5.10. The zero-order chi connectivity index (χ0) is 17.2. The topological polar surface area (TPSA) is 32.8 Å². The molecule has 0 radical (unpaired) electrons. The maximum Gasteiger partial charge on any atom is 0.258 e. The van der Waals surface area contributed by atoms with Crippen LogP contribution in [0.5, 0.6) is 0 Å².